The molecule has 10 aromatic rings. The number of ether oxygens (including phenoxy) is 2. The highest BCUT2D eigenvalue weighted by Crippen LogP contribution is 2.44. The van der Waals surface area contributed by atoms with Gasteiger partial charge in [-0.05, 0) is 67.6 Å². The van der Waals surface area contributed by atoms with Gasteiger partial charge in [0, 0.05) is 78.7 Å². The molecular formula is C60H74Cl2N16O6S6Si2. The first-order chi connectivity index (χ1) is 42.1. The number of benzene rings is 2. The van der Waals surface area contributed by atoms with E-state index in [1.165, 1.54) is 28.0 Å². The van der Waals surface area contributed by atoms with Crippen LogP contribution < -0.4 is 20.9 Å². The van der Waals surface area contributed by atoms with E-state index >= 15 is 0 Å². The van der Waals surface area contributed by atoms with Gasteiger partial charge in [-0.3, -0.25) is 18.7 Å². The number of aromatic nitrogens is 12. The number of rotatable bonds is 18. The van der Waals surface area contributed by atoms with Crippen molar-refractivity contribution in [1.29, 1.82) is 10.5 Å². The molecule has 12 rings (SSSR count). The highest BCUT2D eigenvalue weighted by Gasteiger charge is 2.44. The Morgan fingerprint density at radius 1 is 0.620 bits per heavy atom. The maximum Gasteiger partial charge on any atom is 0.284 e. The van der Waals surface area contributed by atoms with Crippen molar-refractivity contribution < 1.29 is 17.9 Å². The highest BCUT2D eigenvalue weighted by atomic mass is 35.5. The van der Waals surface area contributed by atoms with Crippen LogP contribution in [0.25, 0.3) is 44.5 Å². The number of hydrogen-bond acceptors (Lipinski definition) is 17. The topological polar surface area (TPSA) is 247 Å². The zero-order valence-electron chi connectivity index (χ0n) is 52.0. The molecule has 2 aliphatic rings. The van der Waals surface area contributed by atoms with Crippen LogP contribution in [-0.2, 0) is 32.8 Å². The van der Waals surface area contributed by atoms with Gasteiger partial charge in [0.25, 0.3) is 11.1 Å². The molecule has 2 fully saturated rings. The fourth-order valence-electron chi connectivity index (χ4n) is 11.3. The van der Waals surface area contributed by atoms with E-state index in [4.69, 9.17) is 47.9 Å². The van der Waals surface area contributed by atoms with E-state index in [2.05, 4.69) is 77.5 Å². The summed E-state index contributed by atoms with van der Waals surface area (Å²) >= 11 is 14.6. The number of hydrogen-bond donors (Lipinski definition) is 0. The molecule has 10 heterocycles. The van der Waals surface area contributed by atoms with E-state index in [0.717, 1.165) is 18.5 Å². The smallest absolute Gasteiger partial charge is 0.284 e. The minimum absolute atomic E-state index is 0. The molecule has 4 atom stereocenters. The Labute approximate surface area is 577 Å². The van der Waals surface area contributed by atoms with Crippen LogP contribution in [0.3, 0.4) is 0 Å². The molecule has 2 aliphatic heterocycles. The summed E-state index contributed by atoms with van der Waals surface area (Å²) in [4.78, 5) is 50.4. The van der Waals surface area contributed by atoms with Gasteiger partial charge in [-0.15, -0.1) is 0 Å². The van der Waals surface area contributed by atoms with Crippen molar-refractivity contribution >= 4 is 160 Å². The molecule has 0 bridgehead atoms. The molecule has 0 N–H and O–H groups in total. The standard InChI is InChI=1S/C30H33ClN8O4SSi.C30H33ClN8O2SSi.4H2S/c1-44(41,42)22-14-24(27-35-38-11-10-23(31)26(38)30(40)39(27)21-8-6-5-7-9-21)37(17-22)29-25-20(15-32)16-36(28(25)33-18-34-29)19-43-12-13-45(2,3)4;1-42-22-14-24(27-35-38-11-10-23(31)26(38)30(40)39(27)21-8-6-5-7-9-21)37(17-22)29-25-20(15-32)16-36(28(25)33-18-34-29)19-41-12-13-43(2,3)4;;;;/h5-11,16,18,22,24H,12-14,17,19H2,1-4H3;5-11,16,18,22,24H,12-14,17,19H2,1-4H3;4*1H2/t2*22-,24?;;;;/m00..../s1. The normalized spacial score (nSPS) is 16.6. The lowest BCUT2D eigenvalue weighted by Gasteiger charge is -2.27. The molecule has 0 amide bonds. The zero-order chi connectivity index (χ0) is 62.4. The highest BCUT2D eigenvalue weighted by molar-refractivity contribution is 7.99. The molecule has 0 saturated carbocycles. The van der Waals surface area contributed by atoms with Crippen LogP contribution >= 0.6 is 88.9 Å². The number of nitriles is 2. The average molecular weight is 1430 g/mol. The summed E-state index contributed by atoms with van der Waals surface area (Å²) < 4.78 is 47.8. The Kier molecular flexibility index (Phi) is 23.8. The second-order valence-electron chi connectivity index (χ2n) is 24.4. The minimum Gasteiger partial charge on any atom is -0.361 e. The van der Waals surface area contributed by atoms with E-state index < -0.39 is 42.8 Å². The Balaban J connectivity index is 0.000000250. The van der Waals surface area contributed by atoms with Gasteiger partial charge in [-0.2, -0.15) is 86.5 Å². The summed E-state index contributed by atoms with van der Waals surface area (Å²) in [6, 6.07) is 27.4. The maximum atomic E-state index is 14.0. The van der Waals surface area contributed by atoms with Crippen LogP contribution in [0.4, 0.5) is 11.6 Å². The molecule has 2 aromatic carbocycles. The third-order valence-electron chi connectivity index (χ3n) is 15.9. The summed E-state index contributed by atoms with van der Waals surface area (Å²) in [5.41, 5.74) is 3.09. The second kappa shape index (κ2) is 30.0. The van der Waals surface area contributed by atoms with Crippen molar-refractivity contribution in [2.75, 3.05) is 48.6 Å². The largest absolute Gasteiger partial charge is 0.361 e. The lowest BCUT2D eigenvalue weighted by molar-refractivity contribution is 0.0897. The molecule has 488 valence electrons. The number of thioether (sulfide) groups is 1. The van der Waals surface area contributed by atoms with E-state index in [0.29, 0.717) is 105 Å². The number of sulfone groups is 1. The van der Waals surface area contributed by atoms with Crippen LogP contribution in [0.15, 0.2) is 120 Å². The van der Waals surface area contributed by atoms with E-state index in [-0.39, 0.29) is 101 Å². The van der Waals surface area contributed by atoms with Crippen LogP contribution in [0, 0.1) is 22.7 Å². The minimum atomic E-state index is -3.52. The fraction of sp³-hybridized carbons (Fsp3) is 0.367. The Morgan fingerprint density at radius 2 is 1.03 bits per heavy atom. The van der Waals surface area contributed by atoms with Crippen molar-refractivity contribution in [2.24, 2.45) is 0 Å². The molecule has 0 spiro atoms. The number of para-hydroxylation sites is 2. The fourth-order valence-corrected chi connectivity index (χ4v) is 14.9. The summed E-state index contributed by atoms with van der Waals surface area (Å²) in [5.74, 6) is 1.92. The number of anilines is 2. The molecular weight excluding hydrogens is 1360 g/mol. The van der Waals surface area contributed by atoms with Crippen molar-refractivity contribution in [1.82, 2.24) is 57.4 Å². The van der Waals surface area contributed by atoms with Gasteiger partial charge in [0.1, 0.15) is 72.2 Å². The monoisotopic (exact) mass is 1430 g/mol. The molecule has 2 saturated heterocycles. The predicted molar refractivity (Wildman–Crippen MR) is 391 cm³/mol. The molecule has 0 aliphatic carbocycles. The molecule has 92 heavy (non-hydrogen) atoms. The van der Waals surface area contributed by atoms with Gasteiger partial charge in [-0.1, -0.05) is 98.9 Å². The summed E-state index contributed by atoms with van der Waals surface area (Å²) in [6.45, 7) is 16.3. The summed E-state index contributed by atoms with van der Waals surface area (Å²) in [6.07, 6.45) is 13.9. The first-order valence-electron chi connectivity index (χ1n) is 28.7. The molecule has 32 heteroatoms. The van der Waals surface area contributed by atoms with Crippen molar-refractivity contribution in [3.63, 3.8) is 0 Å². The van der Waals surface area contributed by atoms with Crippen molar-refractivity contribution in [2.45, 2.75) is 100 Å². The summed E-state index contributed by atoms with van der Waals surface area (Å²) in [5, 5.41) is 31.4. The molecule has 2 unspecified atom stereocenters. The van der Waals surface area contributed by atoms with Crippen LogP contribution in [0.2, 0.25) is 61.4 Å². The van der Waals surface area contributed by atoms with E-state index in [1.807, 2.05) is 58.0 Å². The number of fused-ring (bicyclic) bond motifs is 4. The average Bonchev–Trinajstić information content (AvgIpc) is 1.57. The lowest BCUT2D eigenvalue weighted by Crippen LogP contribution is -2.33. The third kappa shape index (κ3) is 15.0. The maximum absolute atomic E-state index is 14.0. The predicted octanol–water partition coefficient (Wildman–Crippen LogP) is 10.6. The number of halogens is 2. The number of nitrogens with zero attached hydrogens (tertiary/aromatic N) is 16. The van der Waals surface area contributed by atoms with Crippen LogP contribution in [-0.4, -0.2) is 131 Å². The van der Waals surface area contributed by atoms with Gasteiger partial charge in [0.2, 0.25) is 0 Å². The zero-order valence-corrected chi connectivity index (χ0v) is 61.1. The lowest BCUT2D eigenvalue weighted by atomic mass is 10.1. The van der Waals surface area contributed by atoms with Gasteiger partial charge in [0.05, 0.1) is 60.7 Å². The van der Waals surface area contributed by atoms with Gasteiger partial charge in [0.15, 0.2) is 21.5 Å². The van der Waals surface area contributed by atoms with Crippen molar-refractivity contribution in [3.8, 4) is 23.5 Å². The molecule has 8 aromatic heterocycles. The first kappa shape index (κ1) is 73.1. The molecule has 0 radical (unpaired) electrons. The Hall–Kier alpha value is -6.27. The first-order valence-corrected chi connectivity index (χ1v) is 40.1. The second-order valence-corrected chi connectivity index (χ2v) is 40.0. The van der Waals surface area contributed by atoms with Crippen molar-refractivity contribution in [3.05, 3.63) is 164 Å². The van der Waals surface area contributed by atoms with Gasteiger partial charge >= 0.3 is 0 Å². The Bertz CT molecular complexity index is 4600. The van der Waals surface area contributed by atoms with Gasteiger partial charge in [-0.25, -0.2) is 37.4 Å². The van der Waals surface area contributed by atoms with E-state index in [9.17, 15) is 28.5 Å². The van der Waals surface area contributed by atoms with E-state index in [1.54, 1.807) is 74.5 Å². The van der Waals surface area contributed by atoms with Crippen LogP contribution in [0.1, 0.15) is 47.7 Å². The SMILES string of the molecule is CS[C@H]1CC(c2nn3ccc(Cl)c3c(=O)n2-c2ccccc2)N(c2ncnc3c2c(C#N)cn3COCC[Si](C)(C)C)C1.C[Si](C)(C)CCOCn1cc(C#N)c2c(N3C[C@@H](S(C)(=O)=O)CC3c3nn4ccc(Cl)c4c(=O)n3-c3ccccc3)ncnc21.S.S.S.S. The summed E-state index contributed by atoms with van der Waals surface area (Å²) in [7, 11) is -6.05. The van der Waals surface area contributed by atoms with Gasteiger partial charge < -0.3 is 28.4 Å². The third-order valence-corrected chi connectivity index (χ3v) is 22.5. The van der Waals surface area contributed by atoms with Crippen LogP contribution in [0.5, 0.6) is 0 Å². The molecule has 22 nitrogen and oxygen atoms in total. The Morgan fingerprint density at radius 3 is 1.42 bits per heavy atom. The quantitative estimate of drug-likeness (QED) is 0.0572.